The first-order valence-electron chi connectivity index (χ1n) is 15.0. The van der Waals surface area contributed by atoms with E-state index in [2.05, 4.69) is 22.6 Å². The molecule has 10 heteroatoms. The summed E-state index contributed by atoms with van der Waals surface area (Å²) in [5.41, 5.74) is 0.748. The molecule has 0 unspecified atom stereocenters. The normalized spacial score (nSPS) is 21.6. The molecule has 236 valence electrons. The van der Waals surface area contributed by atoms with Gasteiger partial charge in [-0.25, -0.2) is 4.79 Å². The average molecular weight is 597 g/mol. The smallest absolute Gasteiger partial charge is 0.410 e. The van der Waals surface area contributed by atoms with Crippen LogP contribution in [0.4, 0.5) is 4.79 Å². The molecule has 1 heterocycles. The lowest BCUT2D eigenvalue weighted by Crippen LogP contribution is -2.60. The number of fused-ring (bicyclic) bond motifs is 1. The zero-order chi connectivity index (χ0) is 32.1. The second-order valence-electron chi connectivity index (χ2n) is 13.5. The number of terminal acetylenes is 1. The number of nitrogens with one attached hydrogen (secondary N) is 2. The Balaban J connectivity index is 1.77. The van der Waals surface area contributed by atoms with Crippen molar-refractivity contribution in [1.29, 1.82) is 0 Å². The van der Waals surface area contributed by atoms with Gasteiger partial charge in [0.2, 0.25) is 17.7 Å². The van der Waals surface area contributed by atoms with Crippen LogP contribution >= 0.6 is 0 Å². The van der Waals surface area contributed by atoms with E-state index < -0.39 is 47.2 Å². The maximum Gasteiger partial charge on any atom is 0.410 e. The maximum absolute atomic E-state index is 14.0. The molecule has 5 atom stereocenters. The molecule has 1 aromatic carbocycles. The van der Waals surface area contributed by atoms with E-state index in [1.54, 1.807) is 32.6 Å². The Bertz CT molecular complexity index is 1230. The summed E-state index contributed by atoms with van der Waals surface area (Å²) >= 11 is 0. The topological polar surface area (TPSA) is 117 Å². The maximum atomic E-state index is 14.0. The van der Waals surface area contributed by atoms with Crippen LogP contribution in [0.1, 0.15) is 84.9 Å². The fraction of sp³-hybridized carbons (Fsp3) is 0.636. The molecule has 1 aliphatic carbocycles. The summed E-state index contributed by atoms with van der Waals surface area (Å²) in [4.78, 5) is 56.5. The summed E-state index contributed by atoms with van der Waals surface area (Å²) in [6, 6.07) is 5.04. The summed E-state index contributed by atoms with van der Waals surface area (Å²) in [5.74, 6) is 1.42. The van der Waals surface area contributed by atoms with Gasteiger partial charge in [0.1, 0.15) is 30.3 Å². The summed E-state index contributed by atoms with van der Waals surface area (Å²) < 4.78 is 11.3. The van der Waals surface area contributed by atoms with Crippen LogP contribution in [0.2, 0.25) is 0 Å². The highest BCUT2D eigenvalue weighted by molar-refractivity contribution is 5.94. The van der Waals surface area contributed by atoms with Gasteiger partial charge in [-0.2, -0.15) is 0 Å². The lowest BCUT2D eigenvalue weighted by Gasteiger charge is -2.38. The SMILES string of the molecule is C#CCO[C@@H]1CCc2ccccc2[C@@H]1NC(=O)[C@@H]1CCCN1C(=O)[C@@H](NC(=O)[C@H](C)N(C)C(=O)OC(C)(C)C)C(C)(C)C. The van der Waals surface area contributed by atoms with Crippen molar-refractivity contribution in [3.8, 4) is 12.3 Å². The highest BCUT2D eigenvalue weighted by Gasteiger charge is 2.44. The number of carbonyl (C=O) groups excluding carboxylic acids is 4. The highest BCUT2D eigenvalue weighted by atomic mass is 16.6. The molecule has 0 saturated carbocycles. The molecule has 10 nitrogen and oxygen atoms in total. The molecule has 1 aliphatic heterocycles. The van der Waals surface area contributed by atoms with Gasteiger partial charge in [0.15, 0.2) is 0 Å². The van der Waals surface area contributed by atoms with Crippen molar-refractivity contribution in [2.75, 3.05) is 20.2 Å². The third-order valence-electron chi connectivity index (χ3n) is 8.02. The van der Waals surface area contributed by atoms with Gasteiger partial charge in [0, 0.05) is 13.6 Å². The van der Waals surface area contributed by atoms with Gasteiger partial charge in [-0.3, -0.25) is 19.3 Å². The molecule has 0 radical (unpaired) electrons. The molecule has 2 aliphatic rings. The van der Waals surface area contributed by atoms with Crippen molar-refractivity contribution in [3.63, 3.8) is 0 Å². The third-order valence-corrected chi connectivity index (χ3v) is 8.02. The lowest BCUT2D eigenvalue weighted by atomic mass is 9.85. The zero-order valence-corrected chi connectivity index (χ0v) is 26.9. The quantitative estimate of drug-likeness (QED) is 0.443. The molecular formula is C33H48N4O6. The number of benzene rings is 1. The number of rotatable bonds is 8. The fourth-order valence-corrected chi connectivity index (χ4v) is 5.53. The molecule has 0 bridgehead atoms. The van der Waals surface area contributed by atoms with Crippen molar-refractivity contribution in [2.24, 2.45) is 5.41 Å². The van der Waals surface area contributed by atoms with Crippen molar-refractivity contribution in [1.82, 2.24) is 20.4 Å². The van der Waals surface area contributed by atoms with Gasteiger partial charge in [0.05, 0.1) is 12.1 Å². The molecule has 43 heavy (non-hydrogen) atoms. The van der Waals surface area contributed by atoms with E-state index in [4.69, 9.17) is 15.9 Å². The highest BCUT2D eigenvalue weighted by Crippen LogP contribution is 2.33. The Morgan fingerprint density at radius 3 is 2.42 bits per heavy atom. The molecular weight excluding hydrogens is 548 g/mol. The molecule has 2 N–H and O–H groups in total. The summed E-state index contributed by atoms with van der Waals surface area (Å²) in [6.45, 7) is 12.9. The summed E-state index contributed by atoms with van der Waals surface area (Å²) in [7, 11) is 1.48. The van der Waals surface area contributed by atoms with Crippen LogP contribution in [-0.2, 0) is 30.3 Å². The summed E-state index contributed by atoms with van der Waals surface area (Å²) in [5, 5.41) is 6.04. The fourth-order valence-electron chi connectivity index (χ4n) is 5.53. The van der Waals surface area contributed by atoms with Crippen LogP contribution in [0.15, 0.2) is 24.3 Å². The van der Waals surface area contributed by atoms with Gasteiger partial charge in [0.25, 0.3) is 0 Å². The Hall–Kier alpha value is -3.58. The molecule has 1 saturated heterocycles. The first kappa shape index (κ1) is 33.9. The minimum absolute atomic E-state index is 0.141. The van der Waals surface area contributed by atoms with Crippen LogP contribution in [0.5, 0.6) is 0 Å². The number of likely N-dealkylation sites (tertiary alicyclic amines) is 1. The van der Waals surface area contributed by atoms with E-state index in [-0.39, 0.29) is 24.5 Å². The Morgan fingerprint density at radius 1 is 1.12 bits per heavy atom. The van der Waals surface area contributed by atoms with Gasteiger partial charge in [-0.05, 0) is 69.9 Å². The predicted molar refractivity (Wildman–Crippen MR) is 164 cm³/mol. The monoisotopic (exact) mass is 596 g/mol. The second-order valence-corrected chi connectivity index (χ2v) is 13.5. The number of carbonyl (C=O) groups is 4. The van der Waals surface area contributed by atoms with Crippen LogP contribution < -0.4 is 10.6 Å². The van der Waals surface area contributed by atoms with Crippen molar-refractivity contribution >= 4 is 23.8 Å². The van der Waals surface area contributed by atoms with Crippen LogP contribution in [-0.4, -0.2) is 83.6 Å². The van der Waals surface area contributed by atoms with Crippen molar-refractivity contribution in [3.05, 3.63) is 35.4 Å². The van der Waals surface area contributed by atoms with E-state index in [0.717, 1.165) is 17.5 Å². The molecule has 1 fully saturated rings. The minimum atomic E-state index is -0.926. The average Bonchev–Trinajstić information content (AvgIpc) is 3.43. The van der Waals surface area contributed by atoms with E-state index >= 15 is 0 Å². The van der Waals surface area contributed by atoms with Gasteiger partial charge >= 0.3 is 6.09 Å². The van der Waals surface area contributed by atoms with Gasteiger partial charge in [-0.1, -0.05) is 51.0 Å². The number of amides is 4. The predicted octanol–water partition coefficient (Wildman–Crippen LogP) is 3.59. The Labute approximate surface area is 256 Å². The number of aryl methyl sites for hydroxylation is 1. The molecule has 1 aromatic rings. The Morgan fingerprint density at radius 2 is 1.79 bits per heavy atom. The molecule has 3 rings (SSSR count). The number of hydrogen-bond acceptors (Lipinski definition) is 6. The number of hydrogen-bond donors (Lipinski definition) is 2. The minimum Gasteiger partial charge on any atom is -0.444 e. The standard InChI is InChI=1S/C33H48N4O6/c1-10-20-42-25-18-17-22-14-11-12-15-23(22)26(25)34-29(39)24-16-13-19-37(24)30(40)27(32(3,4)5)35-28(38)21(2)36(9)31(41)43-33(6,7)8/h1,11-12,14-15,21,24-27H,13,16-20H2,2-9H3,(H,34,39)(H,35,38)/t21-,24-,25+,26-,27+/m0/s1. The first-order chi connectivity index (χ1) is 20.0. The number of nitrogens with zero attached hydrogens (tertiary/aromatic N) is 2. The number of likely N-dealkylation sites (N-methyl/N-ethyl adjacent to an activating group) is 1. The summed E-state index contributed by atoms with van der Waals surface area (Å²) in [6.07, 6.45) is 7.22. The Kier molecular flexibility index (Phi) is 10.9. The molecule has 0 aromatic heterocycles. The van der Waals surface area contributed by atoms with E-state index in [1.807, 2.05) is 39.0 Å². The first-order valence-corrected chi connectivity index (χ1v) is 15.0. The van der Waals surface area contributed by atoms with Gasteiger partial charge < -0.3 is 25.0 Å². The number of ether oxygens (including phenoxy) is 2. The van der Waals surface area contributed by atoms with E-state index in [1.165, 1.54) is 11.9 Å². The van der Waals surface area contributed by atoms with E-state index in [0.29, 0.717) is 25.8 Å². The largest absolute Gasteiger partial charge is 0.444 e. The second kappa shape index (κ2) is 13.8. The van der Waals surface area contributed by atoms with Crippen LogP contribution in [0.25, 0.3) is 0 Å². The van der Waals surface area contributed by atoms with Gasteiger partial charge in [-0.15, -0.1) is 6.42 Å². The van der Waals surface area contributed by atoms with Crippen LogP contribution in [0, 0.1) is 17.8 Å². The molecule has 0 spiro atoms. The van der Waals surface area contributed by atoms with E-state index in [9.17, 15) is 19.2 Å². The van der Waals surface area contributed by atoms with Crippen molar-refractivity contribution < 1.29 is 28.7 Å². The molecule has 4 amide bonds. The van der Waals surface area contributed by atoms with Crippen molar-refractivity contribution in [2.45, 2.75) is 110 Å². The lowest BCUT2D eigenvalue weighted by molar-refractivity contribution is -0.144. The van der Waals surface area contributed by atoms with Crippen LogP contribution in [0.3, 0.4) is 0 Å². The third kappa shape index (κ3) is 8.50. The zero-order valence-electron chi connectivity index (χ0n) is 26.9.